The molecule has 0 saturated carbocycles. The first kappa shape index (κ1) is 17.5. The summed E-state index contributed by atoms with van der Waals surface area (Å²) in [7, 11) is 0. The molecular formula is C17H28N4O2. The van der Waals surface area contributed by atoms with Crippen molar-refractivity contribution < 1.29 is 9.59 Å². The van der Waals surface area contributed by atoms with Crippen molar-refractivity contribution in [1.82, 2.24) is 20.0 Å². The standard InChI is InChI=1S/C17H28N4O2/c1-6-21-13(5)15(12(4)19-21)7-8-18-17(23)14-9-16(22)20(10-14)11(2)3/h11,14H,6-10H2,1-5H3,(H,18,23). The summed E-state index contributed by atoms with van der Waals surface area (Å²) < 4.78 is 1.99. The van der Waals surface area contributed by atoms with Crippen LogP contribution in [0.15, 0.2) is 0 Å². The van der Waals surface area contributed by atoms with Crippen molar-refractivity contribution in [2.45, 2.75) is 60.0 Å². The fourth-order valence-electron chi connectivity index (χ4n) is 3.26. The minimum Gasteiger partial charge on any atom is -0.355 e. The highest BCUT2D eigenvalue weighted by Gasteiger charge is 2.35. The first-order valence-corrected chi connectivity index (χ1v) is 8.45. The summed E-state index contributed by atoms with van der Waals surface area (Å²) in [5.74, 6) is -0.152. The van der Waals surface area contributed by atoms with Crippen molar-refractivity contribution in [3.63, 3.8) is 0 Å². The van der Waals surface area contributed by atoms with Crippen molar-refractivity contribution in [2.24, 2.45) is 5.92 Å². The zero-order chi connectivity index (χ0) is 17.1. The van der Waals surface area contributed by atoms with E-state index in [1.807, 2.05) is 25.5 Å². The summed E-state index contributed by atoms with van der Waals surface area (Å²) >= 11 is 0. The number of amides is 2. The van der Waals surface area contributed by atoms with Crippen LogP contribution in [0.1, 0.15) is 44.1 Å². The molecule has 1 atom stereocenters. The van der Waals surface area contributed by atoms with Gasteiger partial charge in [-0.15, -0.1) is 0 Å². The molecule has 1 N–H and O–H groups in total. The number of carbonyl (C=O) groups is 2. The Morgan fingerprint density at radius 1 is 1.39 bits per heavy atom. The second kappa shape index (κ2) is 7.15. The predicted molar refractivity (Wildman–Crippen MR) is 89.0 cm³/mol. The van der Waals surface area contributed by atoms with E-state index in [2.05, 4.69) is 24.3 Å². The fraction of sp³-hybridized carbons (Fsp3) is 0.706. The molecule has 6 nitrogen and oxygen atoms in total. The Morgan fingerprint density at radius 3 is 2.61 bits per heavy atom. The third-order valence-corrected chi connectivity index (χ3v) is 4.66. The van der Waals surface area contributed by atoms with Gasteiger partial charge in [-0.2, -0.15) is 5.10 Å². The Labute approximate surface area is 138 Å². The quantitative estimate of drug-likeness (QED) is 0.862. The van der Waals surface area contributed by atoms with E-state index in [9.17, 15) is 9.59 Å². The van der Waals surface area contributed by atoms with Crippen LogP contribution in [-0.2, 0) is 22.6 Å². The van der Waals surface area contributed by atoms with Gasteiger partial charge in [-0.25, -0.2) is 0 Å². The van der Waals surface area contributed by atoms with Crippen molar-refractivity contribution in [3.05, 3.63) is 17.0 Å². The molecule has 128 valence electrons. The molecule has 0 bridgehead atoms. The number of carbonyl (C=O) groups excluding carboxylic acids is 2. The summed E-state index contributed by atoms with van der Waals surface area (Å²) in [6, 6.07) is 0.158. The van der Waals surface area contributed by atoms with Crippen LogP contribution in [-0.4, -0.2) is 45.6 Å². The maximum Gasteiger partial charge on any atom is 0.225 e. The first-order chi connectivity index (χ1) is 10.8. The molecule has 1 fully saturated rings. The topological polar surface area (TPSA) is 67.2 Å². The summed E-state index contributed by atoms with van der Waals surface area (Å²) in [5.41, 5.74) is 3.40. The van der Waals surface area contributed by atoms with Gasteiger partial charge in [-0.05, 0) is 46.6 Å². The molecular weight excluding hydrogens is 292 g/mol. The summed E-state index contributed by atoms with van der Waals surface area (Å²) in [4.78, 5) is 25.9. The third-order valence-electron chi connectivity index (χ3n) is 4.66. The second-order valence-corrected chi connectivity index (χ2v) is 6.55. The minimum absolute atomic E-state index is 0.0142. The van der Waals surface area contributed by atoms with Gasteiger partial charge in [0.25, 0.3) is 0 Å². The smallest absolute Gasteiger partial charge is 0.225 e. The molecule has 1 aromatic heterocycles. The average Bonchev–Trinajstić information content (AvgIpc) is 3.01. The number of hydrogen-bond acceptors (Lipinski definition) is 3. The predicted octanol–water partition coefficient (Wildman–Crippen LogP) is 1.44. The third kappa shape index (κ3) is 3.74. The Bertz CT molecular complexity index is 592. The van der Waals surface area contributed by atoms with Gasteiger partial charge in [-0.1, -0.05) is 0 Å². The molecule has 1 unspecified atom stereocenters. The van der Waals surface area contributed by atoms with Crippen LogP contribution in [0.5, 0.6) is 0 Å². The highest BCUT2D eigenvalue weighted by atomic mass is 16.2. The zero-order valence-electron chi connectivity index (χ0n) is 14.8. The van der Waals surface area contributed by atoms with E-state index in [4.69, 9.17) is 0 Å². The van der Waals surface area contributed by atoms with E-state index in [1.54, 1.807) is 4.90 Å². The highest BCUT2D eigenvalue weighted by Crippen LogP contribution is 2.20. The first-order valence-electron chi connectivity index (χ1n) is 8.45. The van der Waals surface area contributed by atoms with Gasteiger partial charge in [-0.3, -0.25) is 14.3 Å². The van der Waals surface area contributed by atoms with Crippen LogP contribution in [0.3, 0.4) is 0 Å². The molecule has 6 heteroatoms. The molecule has 1 saturated heterocycles. The van der Waals surface area contributed by atoms with Crippen LogP contribution >= 0.6 is 0 Å². The van der Waals surface area contributed by atoms with Crippen LogP contribution in [0.25, 0.3) is 0 Å². The van der Waals surface area contributed by atoms with Crippen LogP contribution < -0.4 is 5.32 Å². The number of rotatable bonds is 6. The molecule has 2 rings (SSSR count). The van der Waals surface area contributed by atoms with E-state index in [-0.39, 0.29) is 23.8 Å². The zero-order valence-corrected chi connectivity index (χ0v) is 14.8. The number of likely N-dealkylation sites (tertiary alicyclic amines) is 1. The van der Waals surface area contributed by atoms with Gasteiger partial charge in [0.15, 0.2) is 0 Å². The van der Waals surface area contributed by atoms with Gasteiger partial charge < -0.3 is 10.2 Å². The molecule has 23 heavy (non-hydrogen) atoms. The lowest BCUT2D eigenvalue weighted by Gasteiger charge is -2.20. The SMILES string of the molecule is CCn1nc(C)c(CCNC(=O)C2CC(=O)N(C(C)C)C2)c1C. The summed E-state index contributed by atoms with van der Waals surface area (Å²) in [6.07, 6.45) is 1.10. The number of aryl methyl sites for hydroxylation is 2. The Hall–Kier alpha value is -1.85. The molecule has 2 heterocycles. The van der Waals surface area contributed by atoms with E-state index >= 15 is 0 Å². The lowest BCUT2D eigenvalue weighted by atomic mass is 10.1. The Kier molecular flexibility index (Phi) is 5.44. The van der Waals surface area contributed by atoms with Crippen molar-refractivity contribution in [2.75, 3.05) is 13.1 Å². The van der Waals surface area contributed by atoms with E-state index in [0.29, 0.717) is 19.5 Å². The number of nitrogens with one attached hydrogen (secondary N) is 1. The van der Waals surface area contributed by atoms with Crippen molar-refractivity contribution in [1.29, 1.82) is 0 Å². The summed E-state index contributed by atoms with van der Waals surface area (Å²) in [5, 5.41) is 7.48. The van der Waals surface area contributed by atoms with Gasteiger partial charge in [0.2, 0.25) is 11.8 Å². The minimum atomic E-state index is -0.217. The molecule has 0 aromatic carbocycles. The van der Waals surface area contributed by atoms with Crippen molar-refractivity contribution >= 4 is 11.8 Å². The van der Waals surface area contributed by atoms with Crippen LogP contribution in [0.4, 0.5) is 0 Å². The Balaban J connectivity index is 1.86. The van der Waals surface area contributed by atoms with Gasteiger partial charge >= 0.3 is 0 Å². The highest BCUT2D eigenvalue weighted by molar-refractivity contribution is 5.89. The van der Waals surface area contributed by atoms with Gasteiger partial charge in [0.1, 0.15) is 0 Å². The molecule has 0 radical (unpaired) electrons. The average molecular weight is 320 g/mol. The van der Waals surface area contributed by atoms with E-state index in [1.165, 1.54) is 11.3 Å². The van der Waals surface area contributed by atoms with Crippen LogP contribution in [0.2, 0.25) is 0 Å². The van der Waals surface area contributed by atoms with E-state index in [0.717, 1.165) is 18.7 Å². The maximum atomic E-state index is 12.3. The molecule has 1 aliphatic heterocycles. The number of aromatic nitrogens is 2. The van der Waals surface area contributed by atoms with Crippen LogP contribution in [0, 0.1) is 19.8 Å². The molecule has 0 spiro atoms. The monoisotopic (exact) mass is 320 g/mol. The second-order valence-electron chi connectivity index (χ2n) is 6.55. The fourth-order valence-corrected chi connectivity index (χ4v) is 3.26. The maximum absolute atomic E-state index is 12.3. The molecule has 1 aliphatic rings. The lowest BCUT2D eigenvalue weighted by molar-refractivity contribution is -0.129. The van der Waals surface area contributed by atoms with E-state index < -0.39 is 0 Å². The molecule has 0 aliphatic carbocycles. The number of nitrogens with zero attached hydrogens (tertiary/aromatic N) is 3. The molecule has 2 amide bonds. The van der Waals surface area contributed by atoms with Crippen molar-refractivity contribution in [3.8, 4) is 0 Å². The number of hydrogen-bond donors (Lipinski definition) is 1. The Morgan fingerprint density at radius 2 is 2.09 bits per heavy atom. The largest absolute Gasteiger partial charge is 0.355 e. The lowest BCUT2D eigenvalue weighted by Crippen LogP contribution is -2.36. The van der Waals surface area contributed by atoms with Gasteiger partial charge in [0.05, 0.1) is 11.6 Å². The normalized spacial score (nSPS) is 18.1. The molecule has 1 aromatic rings. The van der Waals surface area contributed by atoms with Gasteiger partial charge in [0, 0.05) is 37.8 Å². The summed E-state index contributed by atoms with van der Waals surface area (Å²) in [6.45, 7) is 12.1.